The maximum Gasteiger partial charge on any atom is 0.00933 e. The lowest BCUT2D eigenvalue weighted by atomic mass is 9.69. The second kappa shape index (κ2) is 5.26. The Morgan fingerprint density at radius 1 is 1.11 bits per heavy atom. The molecule has 2 aliphatic rings. The average molecular weight is 258 g/mol. The van der Waals surface area contributed by atoms with E-state index < -0.39 is 0 Å². The number of likely N-dealkylation sites (N-methyl/N-ethyl adjacent to an activating group) is 1. The molecular weight excluding hydrogens is 232 g/mol. The van der Waals surface area contributed by atoms with Gasteiger partial charge < -0.3 is 10.6 Å². The van der Waals surface area contributed by atoms with Crippen LogP contribution in [-0.2, 0) is 5.41 Å². The van der Waals surface area contributed by atoms with E-state index in [4.69, 9.17) is 5.73 Å². The van der Waals surface area contributed by atoms with Crippen molar-refractivity contribution in [1.82, 2.24) is 4.90 Å². The van der Waals surface area contributed by atoms with Crippen LogP contribution in [0.2, 0.25) is 0 Å². The normalized spacial score (nSPS) is 24.1. The van der Waals surface area contributed by atoms with Crippen LogP contribution in [0.25, 0.3) is 0 Å². The molecule has 19 heavy (non-hydrogen) atoms. The molecule has 1 aliphatic carbocycles. The second-order valence-electron chi connectivity index (χ2n) is 6.59. The molecule has 0 radical (unpaired) electrons. The van der Waals surface area contributed by atoms with Crippen LogP contribution in [0.5, 0.6) is 0 Å². The van der Waals surface area contributed by atoms with Gasteiger partial charge in [0.1, 0.15) is 0 Å². The number of nitrogens with two attached hydrogens (primary N) is 1. The van der Waals surface area contributed by atoms with Gasteiger partial charge >= 0.3 is 0 Å². The third-order valence-corrected chi connectivity index (χ3v) is 5.26. The van der Waals surface area contributed by atoms with Crippen LogP contribution in [0.4, 0.5) is 0 Å². The molecular formula is C17H26N2. The third kappa shape index (κ3) is 2.44. The molecule has 104 valence electrons. The molecule has 0 bridgehead atoms. The smallest absolute Gasteiger partial charge is 0.00933 e. The summed E-state index contributed by atoms with van der Waals surface area (Å²) in [6.07, 6.45) is 6.61. The molecule has 3 rings (SSSR count). The predicted molar refractivity (Wildman–Crippen MR) is 80.5 cm³/mol. The molecule has 2 N–H and O–H groups in total. The Balaban J connectivity index is 1.77. The van der Waals surface area contributed by atoms with Gasteiger partial charge in [-0.3, -0.25) is 0 Å². The van der Waals surface area contributed by atoms with Crippen LogP contribution in [0.1, 0.15) is 49.1 Å². The minimum Gasteiger partial charge on any atom is -0.330 e. The summed E-state index contributed by atoms with van der Waals surface area (Å²) < 4.78 is 0. The fourth-order valence-electron chi connectivity index (χ4n) is 3.86. The number of rotatable bonds is 3. The van der Waals surface area contributed by atoms with E-state index >= 15 is 0 Å². The van der Waals surface area contributed by atoms with Gasteiger partial charge in [0.15, 0.2) is 0 Å². The maximum absolute atomic E-state index is 6.12. The lowest BCUT2D eigenvalue weighted by Gasteiger charge is -2.38. The van der Waals surface area contributed by atoms with Crippen molar-refractivity contribution in [2.24, 2.45) is 5.73 Å². The van der Waals surface area contributed by atoms with Crippen molar-refractivity contribution in [1.29, 1.82) is 0 Å². The van der Waals surface area contributed by atoms with E-state index in [1.807, 2.05) is 0 Å². The summed E-state index contributed by atoms with van der Waals surface area (Å²) in [5.41, 5.74) is 9.37. The summed E-state index contributed by atoms with van der Waals surface area (Å²) >= 11 is 0. The first-order valence-electron chi connectivity index (χ1n) is 7.73. The Bertz CT molecular complexity index is 411. The molecule has 2 fully saturated rings. The molecule has 1 aromatic carbocycles. The first-order valence-corrected chi connectivity index (χ1v) is 7.73. The quantitative estimate of drug-likeness (QED) is 0.903. The molecule has 0 aromatic heterocycles. The summed E-state index contributed by atoms with van der Waals surface area (Å²) in [6, 6.07) is 9.40. The van der Waals surface area contributed by atoms with Crippen molar-refractivity contribution in [3.05, 3.63) is 35.4 Å². The van der Waals surface area contributed by atoms with Crippen molar-refractivity contribution in [2.75, 3.05) is 26.7 Å². The SMILES string of the molecule is CN1CC(c2ccc(C3(CN)CCCCC3)cc2)C1. The molecule has 2 nitrogen and oxygen atoms in total. The van der Waals surface area contributed by atoms with Crippen molar-refractivity contribution >= 4 is 0 Å². The third-order valence-electron chi connectivity index (χ3n) is 5.26. The van der Waals surface area contributed by atoms with E-state index in [2.05, 4.69) is 36.2 Å². The highest BCUT2D eigenvalue weighted by atomic mass is 15.2. The lowest BCUT2D eigenvalue weighted by Crippen LogP contribution is -2.41. The molecule has 1 heterocycles. The van der Waals surface area contributed by atoms with Crippen molar-refractivity contribution in [3.8, 4) is 0 Å². The van der Waals surface area contributed by atoms with Crippen LogP contribution in [0.3, 0.4) is 0 Å². The first kappa shape index (κ1) is 13.1. The average Bonchev–Trinajstić information content (AvgIpc) is 2.45. The Hall–Kier alpha value is -0.860. The molecule has 1 saturated carbocycles. The Kier molecular flexibility index (Phi) is 3.64. The minimum atomic E-state index is 0.271. The number of benzene rings is 1. The number of hydrogen-bond acceptors (Lipinski definition) is 2. The highest BCUT2D eigenvalue weighted by molar-refractivity contribution is 5.33. The van der Waals surface area contributed by atoms with Gasteiger partial charge in [-0.1, -0.05) is 43.5 Å². The highest BCUT2D eigenvalue weighted by Gasteiger charge is 2.32. The van der Waals surface area contributed by atoms with Crippen molar-refractivity contribution < 1.29 is 0 Å². The summed E-state index contributed by atoms with van der Waals surface area (Å²) in [6.45, 7) is 3.22. The molecule has 0 spiro atoms. The van der Waals surface area contributed by atoms with Crippen molar-refractivity contribution in [2.45, 2.75) is 43.4 Å². The minimum absolute atomic E-state index is 0.271. The van der Waals surface area contributed by atoms with Gasteiger partial charge in [-0.05, 0) is 31.0 Å². The van der Waals surface area contributed by atoms with Gasteiger partial charge in [0.2, 0.25) is 0 Å². The second-order valence-corrected chi connectivity index (χ2v) is 6.59. The van der Waals surface area contributed by atoms with Crippen LogP contribution in [-0.4, -0.2) is 31.6 Å². The predicted octanol–water partition coefficient (Wildman–Crippen LogP) is 2.88. The van der Waals surface area contributed by atoms with Gasteiger partial charge in [-0.25, -0.2) is 0 Å². The van der Waals surface area contributed by atoms with Crippen molar-refractivity contribution in [3.63, 3.8) is 0 Å². The molecule has 2 heteroatoms. The van der Waals surface area contributed by atoms with E-state index in [-0.39, 0.29) is 5.41 Å². The topological polar surface area (TPSA) is 29.3 Å². The molecule has 0 amide bonds. The maximum atomic E-state index is 6.12. The van der Waals surface area contributed by atoms with Gasteiger partial charge in [0.25, 0.3) is 0 Å². The molecule has 1 aromatic rings. The molecule has 0 atom stereocenters. The van der Waals surface area contributed by atoms with E-state index in [1.54, 1.807) is 0 Å². The number of nitrogens with zero attached hydrogens (tertiary/aromatic N) is 1. The lowest BCUT2D eigenvalue weighted by molar-refractivity contribution is 0.189. The summed E-state index contributed by atoms with van der Waals surface area (Å²) in [5.74, 6) is 0.749. The van der Waals surface area contributed by atoms with Crippen LogP contribution in [0, 0.1) is 0 Å². The Labute approximate surface area is 117 Å². The number of hydrogen-bond donors (Lipinski definition) is 1. The summed E-state index contributed by atoms with van der Waals surface area (Å²) in [7, 11) is 2.19. The zero-order chi connectivity index (χ0) is 13.3. The Morgan fingerprint density at radius 2 is 1.74 bits per heavy atom. The molecule has 1 saturated heterocycles. The first-order chi connectivity index (χ1) is 9.23. The largest absolute Gasteiger partial charge is 0.330 e. The Morgan fingerprint density at radius 3 is 2.26 bits per heavy atom. The molecule has 0 unspecified atom stereocenters. The fraction of sp³-hybridized carbons (Fsp3) is 0.647. The van der Waals surface area contributed by atoms with E-state index in [1.165, 1.54) is 56.3 Å². The van der Waals surface area contributed by atoms with Gasteiger partial charge in [0.05, 0.1) is 0 Å². The van der Waals surface area contributed by atoms with Gasteiger partial charge in [-0.15, -0.1) is 0 Å². The van der Waals surface area contributed by atoms with E-state index in [0.717, 1.165) is 12.5 Å². The van der Waals surface area contributed by atoms with Crippen LogP contribution in [0.15, 0.2) is 24.3 Å². The monoisotopic (exact) mass is 258 g/mol. The van der Waals surface area contributed by atoms with Crippen LogP contribution >= 0.6 is 0 Å². The highest BCUT2D eigenvalue weighted by Crippen LogP contribution is 2.39. The zero-order valence-corrected chi connectivity index (χ0v) is 12.1. The molecule has 1 aliphatic heterocycles. The van der Waals surface area contributed by atoms with E-state index in [0.29, 0.717) is 0 Å². The van der Waals surface area contributed by atoms with E-state index in [9.17, 15) is 0 Å². The van der Waals surface area contributed by atoms with Gasteiger partial charge in [-0.2, -0.15) is 0 Å². The zero-order valence-electron chi connectivity index (χ0n) is 12.1. The van der Waals surface area contributed by atoms with Gasteiger partial charge in [0, 0.05) is 31.0 Å². The standard InChI is InChI=1S/C17H26N2/c1-19-11-15(12-19)14-5-7-16(8-6-14)17(13-18)9-3-2-4-10-17/h5-8,15H,2-4,9-13,18H2,1H3. The van der Waals surface area contributed by atoms with Crippen LogP contribution < -0.4 is 5.73 Å². The number of likely N-dealkylation sites (tertiary alicyclic amines) is 1. The summed E-state index contributed by atoms with van der Waals surface area (Å²) in [5, 5.41) is 0. The fourth-order valence-corrected chi connectivity index (χ4v) is 3.86. The summed E-state index contributed by atoms with van der Waals surface area (Å²) in [4.78, 5) is 2.38.